The monoisotopic (exact) mass is 242 g/mol. The minimum absolute atomic E-state index is 0.134. The largest absolute Gasteiger partial charge is 0.272 e. The van der Waals surface area contributed by atoms with E-state index in [9.17, 15) is 10.1 Å². The van der Waals surface area contributed by atoms with Gasteiger partial charge >= 0.3 is 0 Å². The van der Waals surface area contributed by atoms with E-state index in [-0.39, 0.29) is 10.6 Å². The Morgan fingerprint density at radius 1 is 1.11 bits per heavy atom. The number of nitrogens with zero attached hydrogens (tertiary/aromatic N) is 2. The molecule has 92 valence electrons. The summed E-state index contributed by atoms with van der Waals surface area (Å²) in [4.78, 5) is 14.9. The summed E-state index contributed by atoms with van der Waals surface area (Å²) >= 11 is 0. The van der Waals surface area contributed by atoms with Crippen LogP contribution in [-0.2, 0) is 0 Å². The highest BCUT2D eigenvalue weighted by Gasteiger charge is 2.13. The topological polar surface area (TPSA) is 56.0 Å². The second-order valence-corrected chi connectivity index (χ2v) is 4.44. The molecular formula is C14H14N2O2. The molecule has 0 spiro atoms. The molecule has 0 aliphatic carbocycles. The molecule has 0 bridgehead atoms. The van der Waals surface area contributed by atoms with Crippen LogP contribution in [0.5, 0.6) is 0 Å². The number of benzene rings is 1. The fraction of sp³-hybridized carbons (Fsp3) is 0.214. The van der Waals surface area contributed by atoms with Gasteiger partial charge in [0.15, 0.2) is 0 Å². The molecule has 2 rings (SSSR count). The molecule has 0 N–H and O–H groups in total. The van der Waals surface area contributed by atoms with Crippen LogP contribution in [0.25, 0.3) is 11.3 Å². The van der Waals surface area contributed by atoms with Crippen molar-refractivity contribution in [2.45, 2.75) is 20.8 Å². The predicted molar refractivity (Wildman–Crippen MR) is 70.5 cm³/mol. The van der Waals surface area contributed by atoms with Crippen LogP contribution < -0.4 is 0 Å². The maximum Gasteiger partial charge on any atom is 0.272 e. The molecule has 4 heteroatoms. The Balaban J connectivity index is 2.58. The molecule has 1 heterocycles. The van der Waals surface area contributed by atoms with Crippen LogP contribution in [0.15, 0.2) is 30.5 Å². The first-order chi connectivity index (χ1) is 8.49. The zero-order valence-corrected chi connectivity index (χ0v) is 10.6. The summed E-state index contributed by atoms with van der Waals surface area (Å²) in [6.07, 6.45) is 1.77. The van der Waals surface area contributed by atoms with Crippen LogP contribution in [-0.4, -0.2) is 9.91 Å². The molecule has 2 aromatic rings. The molecule has 0 saturated carbocycles. The van der Waals surface area contributed by atoms with Crippen molar-refractivity contribution in [1.82, 2.24) is 4.98 Å². The molecule has 0 saturated heterocycles. The number of rotatable bonds is 2. The Labute approximate surface area is 105 Å². The van der Waals surface area contributed by atoms with Crippen molar-refractivity contribution in [1.29, 1.82) is 0 Å². The van der Waals surface area contributed by atoms with Gasteiger partial charge < -0.3 is 0 Å². The normalized spacial score (nSPS) is 10.4. The van der Waals surface area contributed by atoms with E-state index in [1.54, 1.807) is 25.3 Å². The van der Waals surface area contributed by atoms with Gasteiger partial charge in [-0.3, -0.25) is 15.1 Å². The number of nitro benzene ring substituents is 1. The molecule has 0 fully saturated rings. The lowest BCUT2D eigenvalue weighted by molar-refractivity contribution is -0.385. The van der Waals surface area contributed by atoms with Gasteiger partial charge in [-0.25, -0.2) is 0 Å². The van der Waals surface area contributed by atoms with E-state index in [2.05, 4.69) is 4.98 Å². The van der Waals surface area contributed by atoms with Crippen LogP contribution >= 0.6 is 0 Å². The average molecular weight is 242 g/mol. The van der Waals surface area contributed by atoms with Gasteiger partial charge in [0.2, 0.25) is 0 Å². The van der Waals surface area contributed by atoms with Gasteiger partial charge in [0, 0.05) is 23.4 Å². The van der Waals surface area contributed by atoms with E-state index in [4.69, 9.17) is 0 Å². The molecule has 0 radical (unpaired) electrons. The number of hydrogen-bond donors (Lipinski definition) is 0. The van der Waals surface area contributed by atoms with E-state index in [1.165, 1.54) is 0 Å². The zero-order chi connectivity index (χ0) is 13.3. The number of pyridine rings is 1. The molecule has 0 atom stereocenters. The average Bonchev–Trinajstić information content (AvgIpc) is 2.30. The fourth-order valence-electron chi connectivity index (χ4n) is 1.97. The highest BCUT2D eigenvalue weighted by molar-refractivity contribution is 5.67. The number of aromatic nitrogens is 1. The van der Waals surface area contributed by atoms with E-state index in [0.717, 1.165) is 22.4 Å². The van der Waals surface area contributed by atoms with Crippen molar-refractivity contribution in [3.05, 3.63) is 57.3 Å². The highest BCUT2D eigenvalue weighted by Crippen LogP contribution is 2.27. The molecule has 4 nitrogen and oxygen atoms in total. The van der Waals surface area contributed by atoms with Crippen molar-refractivity contribution in [2.24, 2.45) is 0 Å². The molecule has 18 heavy (non-hydrogen) atoms. The second kappa shape index (κ2) is 4.56. The summed E-state index contributed by atoms with van der Waals surface area (Å²) in [5.41, 5.74) is 4.47. The predicted octanol–water partition coefficient (Wildman–Crippen LogP) is 3.58. The SMILES string of the molecule is Cc1cnc(-c2ccc(C)c([N+](=O)[O-])c2)c(C)c1. The summed E-state index contributed by atoms with van der Waals surface area (Å²) in [5.74, 6) is 0. The number of aryl methyl sites for hydroxylation is 3. The lowest BCUT2D eigenvalue weighted by Gasteiger charge is -2.06. The summed E-state index contributed by atoms with van der Waals surface area (Å²) < 4.78 is 0. The third kappa shape index (κ3) is 2.22. The molecular weight excluding hydrogens is 228 g/mol. The summed E-state index contributed by atoms with van der Waals surface area (Å²) in [5, 5.41) is 10.9. The van der Waals surface area contributed by atoms with Gasteiger partial charge in [0.05, 0.1) is 10.6 Å². The molecule has 0 aliphatic heterocycles. The molecule has 1 aromatic heterocycles. The Bertz CT molecular complexity index is 621. The maximum absolute atomic E-state index is 10.9. The van der Waals surface area contributed by atoms with Crippen LogP contribution in [0.3, 0.4) is 0 Å². The Hall–Kier alpha value is -2.23. The third-order valence-electron chi connectivity index (χ3n) is 2.89. The van der Waals surface area contributed by atoms with Crippen LogP contribution in [0, 0.1) is 30.9 Å². The minimum Gasteiger partial charge on any atom is -0.258 e. The smallest absolute Gasteiger partial charge is 0.258 e. The maximum atomic E-state index is 10.9. The van der Waals surface area contributed by atoms with Gasteiger partial charge in [-0.05, 0) is 31.9 Å². The lowest BCUT2D eigenvalue weighted by atomic mass is 10.0. The van der Waals surface area contributed by atoms with E-state index in [1.807, 2.05) is 26.0 Å². The Morgan fingerprint density at radius 3 is 2.44 bits per heavy atom. The highest BCUT2D eigenvalue weighted by atomic mass is 16.6. The first-order valence-corrected chi connectivity index (χ1v) is 5.67. The first kappa shape index (κ1) is 12.2. The molecule has 0 aliphatic rings. The van der Waals surface area contributed by atoms with E-state index < -0.39 is 0 Å². The third-order valence-corrected chi connectivity index (χ3v) is 2.89. The Kier molecular flexibility index (Phi) is 3.10. The first-order valence-electron chi connectivity index (χ1n) is 5.67. The van der Waals surface area contributed by atoms with Gasteiger partial charge in [0.1, 0.15) is 0 Å². The van der Waals surface area contributed by atoms with E-state index >= 15 is 0 Å². The summed E-state index contributed by atoms with van der Waals surface area (Å²) in [6.45, 7) is 5.67. The van der Waals surface area contributed by atoms with Crippen LogP contribution in [0.4, 0.5) is 5.69 Å². The van der Waals surface area contributed by atoms with Crippen molar-refractivity contribution in [3.63, 3.8) is 0 Å². The molecule has 0 unspecified atom stereocenters. The molecule has 0 amide bonds. The van der Waals surface area contributed by atoms with Crippen LogP contribution in [0.2, 0.25) is 0 Å². The quantitative estimate of drug-likeness (QED) is 0.597. The van der Waals surface area contributed by atoms with Crippen molar-refractivity contribution in [2.75, 3.05) is 0 Å². The summed E-state index contributed by atoms with van der Waals surface area (Å²) in [7, 11) is 0. The fourth-order valence-corrected chi connectivity index (χ4v) is 1.97. The molecule has 1 aromatic carbocycles. The van der Waals surface area contributed by atoms with E-state index in [0.29, 0.717) is 5.56 Å². The second-order valence-electron chi connectivity index (χ2n) is 4.44. The van der Waals surface area contributed by atoms with Gasteiger partial charge in [-0.15, -0.1) is 0 Å². The lowest BCUT2D eigenvalue weighted by Crippen LogP contribution is -1.94. The van der Waals surface area contributed by atoms with Gasteiger partial charge in [0.25, 0.3) is 5.69 Å². The number of nitro groups is 1. The van der Waals surface area contributed by atoms with Crippen LogP contribution in [0.1, 0.15) is 16.7 Å². The number of hydrogen-bond acceptors (Lipinski definition) is 3. The Morgan fingerprint density at radius 2 is 1.83 bits per heavy atom. The zero-order valence-electron chi connectivity index (χ0n) is 10.6. The van der Waals surface area contributed by atoms with Crippen molar-refractivity contribution in [3.8, 4) is 11.3 Å². The minimum atomic E-state index is -0.359. The van der Waals surface area contributed by atoms with Gasteiger partial charge in [-0.1, -0.05) is 18.2 Å². The van der Waals surface area contributed by atoms with Crippen molar-refractivity contribution >= 4 is 5.69 Å². The van der Waals surface area contributed by atoms with Crippen molar-refractivity contribution < 1.29 is 4.92 Å². The van der Waals surface area contributed by atoms with Gasteiger partial charge in [-0.2, -0.15) is 0 Å². The summed E-state index contributed by atoms with van der Waals surface area (Å²) in [6, 6.07) is 7.23. The standard InChI is InChI=1S/C14H14N2O2/c1-9-6-11(3)14(15-8-9)12-5-4-10(2)13(7-12)16(17)18/h4-8H,1-3H3.